The lowest BCUT2D eigenvalue weighted by molar-refractivity contribution is 0.411. The first-order valence-electron chi connectivity index (χ1n) is 6.98. The summed E-state index contributed by atoms with van der Waals surface area (Å²) in [6.45, 7) is 2.08. The normalized spacial score (nSPS) is 17.8. The molecule has 1 aliphatic rings. The zero-order valence-corrected chi connectivity index (χ0v) is 12.9. The van der Waals surface area contributed by atoms with Crippen molar-refractivity contribution in [2.24, 2.45) is 0 Å². The van der Waals surface area contributed by atoms with Gasteiger partial charge in [-0.2, -0.15) is 0 Å². The van der Waals surface area contributed by atoms with E-state index in [9.17, 15) is 0 Å². The van der Waals surface area contributed by atoms with Crippen LogP contribution in [-0.2, 0) is 0 Å². The maximum Gasteiger partial charge on any atom is 0.166 e. The summed E-state index contributed by atoms with van der Waals surface area (Å²) >= 11 is 11.6. The number of rotatable bonds is 3. The average molecular weight is 297 g/mol. The summed E-state index contributed by atoms with van der Waals surface area (Å²) in [5.41, 5.74) is 1.08. The lowest BCUT2D eigenvalue weighted by atomic mass is 9.96. The summed E-state index contributed by atoms with van der Waals surface area (Å²) in [4.78, 5) is 0. The Morgan fingerprint density at radius 2 is 1.95 bits per heavy atom. The highest BCUT2D eigenvalue weighted by molar-refractivity contribution is 7.80. The first-order chi connectivity index (χ1) is 9.16. The predicted molar refractivity (Wildman–Crippen MR) is 85.6 cm³/mol. The Labute approximate surface area is 125 Å². The summed E-state index contributed by atoms with van der Waals surface area (Å²) in [6, 6.07) is 8.54. The van der Waals surface area contributed by atoms with Crippen LogP contribution in [-0.4, -0.2) is 11.2 Å². The maximum absolute atomic E-state index is 6.19. The van der Waals surface area contributed by atoms with Gasteiger partial charge in [-0.3, -0.25) is 0 Å². The van der Waals surface area contributed by atoms with Crippen molar-refractivity contribution in [3.8, 4) is 0 Å². The van der Waals surface area contributed by atoms with E-state index in [1.807, 2.05) is 24.3 Å². The molecule has 1 atom stereocenters. The van der Waals surface area contributed by atoms with Crippen molar-refractivity contribution < 1.29 is 0 Å². The lowest BCUT2D eigenvalue weighted by Gasteiger charge is -2.26. The molecule has 19 heavy (non-hydrogen) atoms. The third-order valence-corrected chi connectivity index (χ3v) is 4.24. The zero-order valence-electron chi connectivity index (χ0n) is 11.3. The van der Waals surface area contributed by atoms with Crippen LogP contribution in [0.2, 0.25) is 5.02 Å². The Balaban J connectivity index is 1.86. The van der Waals surface area contributed by atoms with Crippen LogP contribution in [0.5, 0.6) is 0 Å². The Hall–Kier alpha value is -0.800. The fourth-order valence-electron chi connectivity index (χ4n) is 2.57. The van der Waals surface area contributed by atoms with Gasteiger partial charge in [0.25, 0.3) is 0 Å². The van der Waals surface area contributed by atoms with Crippen LogP contribution < -0.4 is 10.6 Å². The van der Waals surface area contributed by atoms with Gasteiger partial charge >= 0.3 is 0 Å². The zero-order chi connectivity index (χ0) is 13.7. The van der Waals surface area contributed by atoms with Crippen LogP contribution in [0.3, 0.4) is 0 Å². The molecule has 2 nitrogen and oxygen atoms in total. The molecule has 1 aliphatic carbocycles. The number of hydrogen-bond acceptors (Lipinski definition) is 1. The molecule has 0 amide bonds. The van der Waals surface area contributed by atoms with Crippen LogP contribution >= 0.6 is 23.8 Å². The van der Waals surface area contributed by atoms with E-state index in [0.29, 0.717) is 6.04 Å². The Kier molecular flexibility index (Phi) is 5.46. The first kappa shape index (κ1) is 14.6. The lowest BCUT2D eigenvalue weighted by Crippen LogP contribution is -2.43. The predicted octanol–water partition coefficient (Wildman–Crippen LogP) is 4.20. The minimum absolute atomic E-state index is 0.122. The molecule has 1 aromatic rings. The fourth-order valence-corrected chi connectivity index (χ4v) is 3.22. The summed E-state index contributed by atoms with van der Waals surface area (Å²) in [5.74, 6) is 0. The Morgan fingerprint density at radius 3 is 2.63 bits per heavy atom. The molecular weight excluding hydrogens is 276 g/mol. The molecule has 0 radical (unpaired) electrons. The van der Waals surface area contributed by atoms with Gasteiger partial charge in [-0.15, -0.1) is 0 Å². The van der Waals surface area contributed by atoms with Crippen LogP contribution in [0.25, 0.3) is 0 Å². The van der Waals surface area contributed by atoms with Gasteiger partial charge in [0.2, 0.25) is 0 Å². The molecule has 0 unspecified atom stereocenters. The van der Waals surface area contributed by atoms with E-state index < -0.39 is 0 Å². The second-order valence-electron chi connectivity index (χ2n) is 5.20. The summed E-state index contributed by atoms with van der Waals surface area (Å²) in [7, 11) is 0. The van der Waals surface area contributed by atoms with E-state index >= 15 is 0 Å². The third kappa shape index (κ3) is 4.36. The van der Waals surface area contributed by atoms with Crippen LogP contribution in [0.15, 0.2) is 24.3 Å². The summed E-state index contributed by atoms with van der Waals surface area (Å²) in [6.07, 6.45) is 6.42. The maximum atomic E-state index is 6.19. The number of halogens is 1. The van der Waals surface area contributed by atoms with Gasteiger partial charge in [-0.25, -0.2) is 0 Å². The smallest absolute Gasteiger partial charge is 0.166 e. The largest absolute Gasteiger partial charge is 0.360 e. The van der Waals surface area contributed by atoms with Crippen LogP contribution in [0, 0.1) is 0 Å². The van der Waals surface area contributed by atoms with Gasteiger partial charge in [-0.05, 0) is 43.6 Å². The van der Waals surface area contributed by atoms with Gasteiger partial charge in [0.1, 0.15) is 0 Å². The molecule has 2 N–H and O–H groups in total. The molecule has 104 valence electrons. The standard InChI is InChI=1S/C15H21ClN2S/c1-11(13-9-5-6-10-14(13)16)17-15(19)18-12-7-3-2-4-8-12/h5-6,9-12H,2-4,7-8H2,1H3,(H2,17,18,19)/t11-/m1/s1. The van der Waals surface area contributed by atoms with Gasteiger partial charge < -0.3 is 10.6 Å². The molecule has 2 rings (SSSR count). The molecule has 4 heteroatoms. The van der Waals surface area contributed by atoms with Crippen molar-refractivity contribution in [2.75, 3.05) is 0 Å². The number of hydrogen-bond donors (Lipinski definition) is 2. The molecule has 0 bridgehead atoms. The number of thiocarbonyl (C=S) groups is 1. The van der Waals surface area contributed by atoms with E-state index in [1.54, 1.807) is 0 Å². The minimum Gasteiger partial charge on any atom is -0.360 e. The molecule has 1 aromatic carbocycles. The van der Waals surface area contributed by atoms with Crippen molar-refractivity contribution in [3.63, 3.8) is 0 Å². The highest BCUT2D eigenvalue weighted by Gasteiger charge is 2.15. The highest BCUT2D eigenvalue weighted by Crippen LogP contribution is 2.22. The van der Waals surface area contributed by atoms with E-state index in [1.165, 1.54) is 32.1 Å². The topological polar surface area (TPSA) is 24.1 Å². The number of benzene rings is 1. The molecule has 0 aliphatic heterocycles. The third-order valence-electron chi connectivity index (χ3n) is 3.66. The van der Waals surface area contributed by atoms with Crippen molar-refractivity contribution in [1.29, 1.82) is 0 Å². The monoisotopic (exact) mass is 296 g/mol. The Bertz CT molecular complexity index is 430. The second kappa shape index (κ2) is 7.11. The van der Waals surface area contributed by atoms with Crippen LogP contribution in [0.4, 0.5) is 0 Å². The molecule has 1 saturated carbocycles. The summed E-state index contributed by atoms with van der Waals surface area (Å²) in [5, 5.41) is 8.25. The van der Waals surface area contributed by atoms with Crippen LogP contribution in [0.1, 0.15) is 50.6 Å². The minimum atomic E-state index is 0.122. The molecule has 1 fully saturated rings. The molecule has 0 spiro atoms. The molecular formula is C15H21ClN2S. The van der Waals surface area contributed by atoms with E-state index in [4.69, 9.17) is 23.8 Å². The SMILES string of the molecule is C[C@@H](NC(=S)NC1CCCCC1)c1ccccc1Cl. The van der Waals surface area contributed by atoms with Gasteiger partial charge in [0.15, 0.2) is 5.11 Å². The highest BCUT2D eigenvalue weighted by atomic mass is 35.5. The average Bonchev–Trinajstić information content (AvgIpc) is 2.40. The molecule has 0 heterocycles. The molecule has 0 saturated heterocycles. The summed E-state index contributed by atoms with van der Waals surface area (Å²) < 4.78 is 0. The van der Waals surface area contributed by atoms with Crippen molar-refractivity contribution >= 4 is 28.9 Å². The van der Waals surface area contributed by atoms with E-state index in [0.717, 1.165) is 15.7 Å². The van der Waals surface area contributed by atoms with Crippen molar-refractivity contribution in [2.45, 2.75) is 51.1 Å². The van der Waals surface area contributed by atoms with Gasteiger partial charge in [0.05, 0.1) is 6.04 Å². The Morgan fingerprint density at radius 1 is 1.26 bits per heavy atom. The van der Waals surface area contributed by atoms with E-state index in [-0.39, 0.29) is 6.04 Å². The van der Waals surface area contributed by atoms with Crippen molar-refractivity contribution in [1.82, 2.24) is 10.6 Å². The second-order valence-corrected chi connectivity index (χ2v) is 6.01. The first-order valence-corrected chi connectivity index (χ1v) is 7.77. The van der Waals surface area contributed by atoms with Gasteiger partial charge in [-0.1, -0.05) is 49.1 Å². The van der Waals surface area contributed by atoms with E-state index in [2.05, 4.69) is 17.6 Å². The quantitative estimate of drug-likeness (QED) is 0.818. The number of nitrogens with one attached hydrogen (secondary N) is 2. The van der Waals surface area contributed by atoms with Gasteiger partial charge in [0, 0.05) is 11.1 Å². The fraction of sp³-hybridized carbons (Fsp3) is 0.533. The van der Waals surface area contributed by atoms with Crippen molar-refractivity contribution in [3.05, 3.63) is 34.9 Å². The molecule has 0 aromatic heterocycles.